The van der Waals surface area contributed by atoms with E-state index < -0.39 is 17.8 Å². The number of rotatable bonds is 4. The van der Waals surface area contributed by atoms with Crippen molar-refractivity contribution in [3.63, 3.8) is 0 Å². The van der Waals surface area contributed by atoms with Crippen LogP contribution in [0.15, 0.2) is 23.9 Å². The minimum absolute atomic E-state index is 0.465. The van der Waals surface area contributed by atoms with E-state index in [1.54, 1.807) is 6.08 Å². The Morgan fingerprint density at radius 1 is 1.67 bits per heavy atom. The van der Waals surface area contributed by atoms with Crippen LogP contribution in [0.5, 0.6) is 0 Å². The summed E-state index contributed by atoms with van der Waals surface area (Å²) in [4.78, 5) is 22.2. The lowest BCUT2D eigenvalue weighted by atomic mass is 9.94. The topological polar surface area (TPSA) is 66.4 Å². The number of amides is 1. The summed E-state index contributed by atoms with van der Waals surface area (Å²) >= 11 is 0. The van der Waals surface area contributed by atoms with Crippen LogP contribution in [0.3, 0.4) is 0 Å². The van der Waals surface area contributed by atoms with E-state index in [-0.39, 0.29) is 0 Å². The third-order valence-corrected chi connectivity index (χ3v) is 2.28. The van der Waals surface area contributed by atoms with E-state index in [2.05, 4.69) is 12.2 Å². The smallest absolute Gasteiger partial charge is 0.320 e. The van der Waals surface area contributed by atoms with Crippen molar-refractivity contribution in [1.29, 1.82) is 0 Å². The van der Waals surface area contributed by atoms with Gasteiger partial charge >= 0.3 is 5.97 Å². The van der Waals surface area contributed by atoms with Crippen molar-refractivity contribution >= 4 is 11.9 Å². The van der Waals surface area contributed by atoms with Crippen LogP contribution < -0.4 is 5.32 Å². The normalized spacial score (nSPS) is 22.9. The Bertz CT molecular complexity index is 318. The molecule has 0 aromatic rings. The molecule has 0 aromatic carbocycles. The number of hydrogen-bond acceptors (Lipinski definition) is 2. The van der Waals surface area contributed by atoms with Gasteiger partial charge in [-0.1, -0.05) is 25.8 Å². The molecule has 1 unspecified atom stereocenters. The van der Waals surface area contributed by atoms with Crippen LogP contribution in [0.2, 0.25) is 0 Å². The molecule has 1 aliphatic heterocycles. The van der Waals surface area contributed by atoms with Crippen molar-refractivity contribution in [3.05, 3.63) is 23.9 Å². The van der Waals surface area contributed by atoms with Gasteiger partial charge in [0.2, 0.25) is 5.91 Å². The van der Waals surface area contributed by atoms with Crippen molar-refractivity contribution in [1.82, 2.24) is 5.32 Å². The van der Waals surface area contributed by atoms with Crippen molar-refractivity contribution in [3.8, 4) is 0 Å². The Morgan fingerprint density at radius 3 is 3.00 bits per heavy atom. The van der Waals surface area contributed by atoms with Crippen molar-refractivity contribution in [2.75, 3.05) is 0 Å². The molecule has 4 nitrogen and oxygen atoms in total. The van der Waals surface area contributed by atoms with E-state index in [0.717, 1.165) is 19.3 Å². The molecule has 1 amide bonds. The predicted molar refractivity (Wildman–Crippen MR) is 56.0 cm³/mol. The van der Waals surface area contributed by atoms with Gasteiger partial charge < -0.3 is 10.4 Å². The number of carboxylic acid groups (broad SMARTS) is 1. The molecule has 1 rings (SSSR count). The quantitative estimate of drug-likeness (QED) is 0.544. The Labute approximate surface area is 88.7 Å². The number of aliphatic carboxylic acids is 1. The van der Waals surface area contributed by atoms with Gasteiger partial charge in [0.15, 0.2) is 5.92 Å². The fraction of sp³-hybridized carbons (Fsp3) is 0.455. The lowest BCUT2D eigenvalue weighted by molar-refractivity contribution is -0.145. The SMILES string of the molecule is CCCCC=C1C=CNC(=O)C1C(=O)O. The van der Waals surface area contributed by atoms with Crippen molar-refractivity contribution in [2.24, 2.45) is 5.92 Å². The molecule has 0 saturated carbocycles. The molecule has 1 atom stereocenters. The largest absolute Gasteiger partial charge is 0.480 e. The number of hydrogen-bond donors (Lipinski definition) is 2. The molecular formula is C11H15NO3. The van der Waals surface area contributed by atoms with E-state index in [4.69, 9.17) is 5.11 Å². The first-order valence-corrected chi connectivity index (χ1v) is 5.06. The Kier molecular flexibility index (Phi) is 4.09. The van der Waals surface area contributed by atoms with Crippen LogP contribution in [0.1, 0.15) is 26.2 Å². The summed E-state index contributed by atoms with van der Waals surface area (Å²) in [5, 5.41) is 11.3. The number of allylic oxidation sites excluding steroid dienone is 2. The second-order valence-electron chi connectivity index (χ2n) is 3.46. The van der Waals surface area contributed by atoms with Gasteiger partial charge in [0.05, 0.1) is 0 Å². The molecule has 15 heavy (non-hydrogen) atoms. The summed E-state index contributed by atoms with van der Waals surface area (Å²) in [6.07, 6.45) is 7.84. The Hall–Kier alpha value is -1.58. The molecule has 1 aliphatic rings. The summed E-state index contributed by atoms with van der Waals surface area (Å²) in [6, 6.07) is 0. The van der Waals surface area contributed by atoms with E-state index >= 15 is 0 Å². The second kappa shape index (κ2) is 5.34. The molecule has 2 N–H and O–H groups in total. The van der Waals surface area contributed by atoms with Crippen LogP contribution in [-0.2, 0) is 9.59 Å². The van der Waals surface area contributed by atoms with Crippen molar-refractivity contribution in [2.45, 2.75) is 26.2 Å². The molecule has 0 aliphatic carbocycles. The Morgan fingerprint density at radius 2 is 2.40 bits per heavy atom. The highest BCUT2D eigenvalue weighted by Crippen LogP contribution is 2.18. The van der Waals surface area contributed by atoms with Crippen LogP contribution in [0.25, 0.3) is 0 Å². The van der Waals surface area contributed by atoms with Crippen LogP contribution in [-0.4, -0.2) is 17.0 Å². The molecule has 0 bridgehead atoms. The van der Waals surface area contributed by atoms with E-state index in [9.17, 15) is 9.59 Å². The van der Waals surface area contributed by atoms with Gasteiger partial charge in [0.25, 0.3) is 0 Å². The van der Waals surface area contributed by atoms with Crippen LogP contribution in [0, 0.1) is 5.92 Å². The minimum atomic E-state index is -1.10. The average molecular weight is 209 g/mol. The lowest BCUT2D eigenvalue weighted by Gasteiger charge is -2.16. The first kappa shape index (κ1) is 11.5. The van der Waals surface area contributed by atoms with Gasteiger partial charge in [-0.3, -0.25) is 9.59 Å². The summed E-state index contributed by atoms with van der Waals surface area (Å²) in [5.41, 5.74) is 0.583. The third kappa shape index (κ3) is 2.94. The number of carbonyl (C=O) groups excluding carboxylic acids is 1. The monoisotopic (exact) mass is 209 g/mol. The molecule has 4 heteroatoms. The highest BCUT2D eigenvalue weighted by molar-refractivity contribution is 6.02. The molecular weight excluding hydrogens is 194 g/mol. The zero-order valence-electron chi connectivity index (χ0n) is 8.69. The number of carboxylic acids is 1. The zero-order valence-corrected chi connectivity index (χ0v) is 8.69. The third-order valence-electron chi connectivity index (χ3n) is 2.28. The Balaban J connectivity index is 2.79. The summed E-state index contributed by atoms with van der Waals surface area (Å²) in [6.45, 7) is 2.07. The maximum Gasteiger partial charge on any atom is 0.320 e. The van der Waals surface area contributed by atoms with Gasteiger partial charge in [-0.2, -0.15) is 0 Å². The van der Waals surface area contributed by atoms with Gasteiger partial charge in [-0.05, 0) is 18.1 Å². The predicted octanol–water partition coefficient (Wildman–Crippen LogP) is 1.45. The molecule has 1 heterocycles. The average Bonchev–Trinajstić information content (AvgIpc) is 2.17. The summed E-state index contributed by atoms with van der Waals surface area (Å²) < 4.78 is 0. The van der Waals surface area contributed by atoms with Gasteiger partial charge in [-0.15, -0.1) is 0 Å². The van der Waals surface area contributed by atoms with Gasteiger partial charge in [0.1, 0.15) is 0 Å². The maximum absolute atomic E-state index is 11.3. The molecule has 0 radical (unpaired) electrons. The van der Waals surface area contributed by atoms with E-state index in [1.807, 2.05) is 6.08 Å². The second-order valence-corrected chi connectivity index (χ2v) is 3.46. The van der Waals surface area contributed by atoms with Crippen LogP contribution >= 0.6 is 0 Å². The molecule has 0 fully saturated rings. The number of unbranched alkanes of at least 4 members (excludes halogenated alkanes) is 2. The number of carbonyl (C=O) groups is 2. The minimum Gasteiger partial charge on any atom is -0.480 e. The molecule has 0 spiro atoms. The summed E-state index contributed by atoms with van der Waals surface area (Å²) in [5.74, 6) is -2.61. The fourth-order valence-corrected chi connectivity index (χ4v) is 1.46. The number of nitrogens with one attached hydrogen (secondary N) is 1. The zero-order chi connectivity index (χ0) is 11.3. The standard InChI is InChI=1S/C11H15NO3/c1-2-3-4-5-8-6-7-12-10(13)9(8)11(14)15/h5-7,9H,2-4H2,1H3,(H,12,13)(H,14,15). The first-order valence-electron chi connectivity index (χ1n) is 5.06. The molecule has 0 saturated heterocycles. The molecule has 82 valence electrons. The lowest BCUT2D eigenvalue weighted by Crippen LogP contribution is -2.36. The van der Waals surface area contributed by atoms with Crippen LogP contribution in [0.4, 0.5) is 0 Å². The van der Waals surface area contributed by atoms with E-state index in [1.165, 1.54) is 6.20 Å². The van der Waals surface area contributed by atoms with Gasteiger partial charge in [0, 0.05) is 6.20 Å². The maximum atomic E-state index is 11.3. The first-order chi connectivity index (χ1) is 7.16. The fourth-order valence-electron chi connectivity index (χ4n) is 1.46. The highest BCUT2D eigenvalue weighted by atomic mass is 16.4. The van der Waals surface area contributed by atoms with E-state index in [0.29, 0.717) is 5.57 Å². The van der Waals surface area contributed by atoms with Crippen molar-refractivity contribution < 1.29 is 14.7 Å². The van der Waals surface area contributed by atoms with Gasteiger partial charge in [-0.25, -0.2) is 0 Å². The summed E-state index contributed by atoms with van der Waals surface area (Å²) in [7, 11) is 0. The highest BCUT2D eigenvalue weighted by Gasteiger charge is 2.30. The molecule has 0 aromatic heterocycles.